The first-order chi connectivity index (χ1) is 16.5. The van der Waals surface area contributed by atoms with Gasteiger partial charge in [0.25, 0.3) is 5.56 Å². The quantitative estimate of drug-likeness (QED) is 0.368. The molecule has 1 aromatic carbocycles. The number of tetrazole rings is 1. The van der Waals surface area contributed by atoms with E-state index in [2.05, 4.69) is 74.4 Å². The van der Waals surface area contributed by atoms with E-state index in [9.17, 15) is 4.79 Å². The molecule has 178 valence electrons. The fourth-order valence-corrected chi connectivity index (χ4v) is 5.98. The smallest absolute Gasteiger partial charge is 0.252 e. The fraction of sp³-hybridized carbons (Fsp3) is 0.462. The van der Waals surface area contributed by atoms with Crippen molar-refractivity contribution >= 4 is 22.2 Å². The molecule has 5 rings (SSSR count). The van der Waals surface area contributed by atoms with Gasteiger partial charge in [0, 0.05) is 29.0 Å². The van der Waals surface area contributed by atoms with Crippen LogP contribution in [0.2, 0.25) is 0 Å². The van der Waals surface area contributed by atoms with Crippen LogP contribution >= 0.6 is 11.3 Å². The van der Waals surface area contributed by atoms with Crippen LogP contribution in [0.25, 0.3) is 10.9 Å². The maximum absolute atomic E-state index is 13.1. The van der Waals surface area contributed by atoms with E-state index in [-0.39, 0.29) is 17.5 Å². The number of rotatable bonds is 8. The summed E-state index contributed by atoms with van der Waals surface area (Å²) in [7, 11) is 0. The van der Waals surface area contributed by atoms with E-state index < -0.39 is 0 Å². The van der Waals surface area contributed by atoms with Crippen LogP contribution in [-0.2, 0) is 13.1 Å². The molecule has 1 saturated carbocycles. The third-order valence-corrected chi connectivity index (χ3v) is 7.73. The first-order valence-corrected chi connectivity index (χ1v) is 13.0. The highest BCUT2D eigenvalue weighted by atomic mass is 32.1. The van der Waals surface area contributed by atoms with Gasteiger partial charge in [-0.15, -0.1) is 16.4 Å². The first kappa shape index (κ1) is 22.9. The number of aryl methyl sites for hydroxylation is 1. The summed E-state index contributed by atoms with van der Waals surface area (Å²) in [6, 6.07) is 12.8. The van der Waals surface area contributed by atoms with Gasteiger partial charge in [-0.05, 0) is 71.1 Å². The number of hydrogen-bond acceptors (Lipinski definition) is 6. The second-order valence-corrected chi connectivity index (χ2v) is 10.8. The van der Waals surface area contributed by atoms with Gasteiger partial charge >= 0.3 is 0 Å². The summed E-state index contributed by atoms with van der Waals surface area (Å²) in [6.45, 7) is 7.77. The van der Waals surface area contributed by atoms with Crippen LogP contribution in [0.3, 0.4) is 0 Å². The highest BCUT2D eigenvalue weighted by Gasteiger charge is 2.32. The zero-order valence-electron chi connectivity index (χ0n) is 20.1. The van der Waals surface area contributed by atoms with Gasteiger partial charge in [-0.2, -0.15) is 0 Å². The van der Waals surface area contributed by atoms with Crippen LogP contribution in [0, 0.1) is 12.8 Å². The largest absolute Gasteiger partial charge is 0.322 e. The lowest BCUT2D eigenvalue weighted by Gasteiger charge is -2.33. The highest BCUT2D eigenvalue weighted by molar-refractivity contribution is 7.09. The Bertz CT molecular complexity index is 1300. The van der Waals surface area contributed by atoms with E-state index in [0.29, 0.717) is 12.6 Å². The van der Waals surface area contributed by atoms with Crippen LogP contribution in [0.15, 0.2) is 46.6 Å². The van der Waals surface area contributed by atoms with E-state index in [4.69, 9.17) is 0 Å². The van der Waals surface area contributed by atoms with Crippen molar-refractivity contribution in [3.63, 3.8) is 0 Å². The van der Waals surface area contributed by atoms with Crippen molar-refractivity contribution in [2.75, 3.05) is 0 Å². The van der Waals surface area contributed by atoms with Gasteiger partial charge in [-0.3, -0.25) is 9.69 Å². The Hall–Kier alpha value is -2.84. The van der Waals surface area contributed by atoms with Crippen molar-refractivity contribution in [1.82, 2.24) is 30.1 Å². The van der Waals surface area contributed by atoms with Crippen LogP contribution in [0.1, 0.15) is 73.4 Å². The molecule has 4 aromatic rings. The van der Waals surface area contributed by atoms with Gasteiger partial charge in [0.2, 0.25) is 0 Å². The van der Waals surface area contributed by atoms with Crippen molar-refractivity contribution < 1.29 is 0 Å². The molecule has 7 nitrogen and oxygen atoms in total. The molecule has 3 aromatic heterocycles. The highest BCUT2D eigenvalue weighted by Crippen LogP contribution is 2.35. The predicted molar refractivity (Wildman–Crippen MR) is 136 cm³/mol. The van der Waals surface area contributed by atoms with E-state index in [1.165, 1.54) is 23.3 Å². The Morgan fingerprint density at radius 2 is 2.00 bits per heavy atom. The lowest BCUT2D eigenvalue weighted by atomic mass is 9.99. The summed E-state index contributed by atoms with van der Waals surface area (Å²) in [4.78, 5) is 19.8. The Morgan fingerprint density at radius 3 is 2.74 bits per heavy atom. The van der Waals surface area contributed by atoms with E-state index in [1.54, 1.807) is 11.3 Å². The molecule has 34 heavy (non-hydrogen) atoms. The summed E-state index contributed by atoms with van der Waals surface area (Å²) in [6.07, 6.45) is 4.69. The van der Waals surface area contributed by atoms with E-state index >= 15 is 0 Å². The summed E-state index contributed by atoms with van der Waals surface area (Å²) in [5, 5.41) is 16.2. The van der Waals surface area contributed by atoms with Crippen LogP contribution in [0.4, 0.5) is 0 Å². The second kappa shape index (κ2) is 9.80. The molecule has 8 heteroatoms. The van der Waals surface area contributed by atoms with Gasteiger partial charge in [0.05, 0.1) is 12.1 Å². The molecule has 0 spiro atoms. The number of aromatic amines is 1. The minimum Gasteiger partial charge on any atom is -0.322 e. The van der Waals surface area contributed by atoms with Gasteiger partial charge in [0.1, 0.15) is 0 Å². The Balaban J connectivity index is 1.55. The zero-order valence-corrected chi connectivity index (χ0v) is 20.9. The number of aromatic nitrogens is 5. The van der Waals surface area contributed by atoms with Gasteiger partial charge in [0.15, 0.2) is 5.82 Å². The SMILES string of the molecule is Cc1ccc2[nH]c(=O)c(CN(Cc3cccs3)C(c3nnnn3C3CCCC3)C(C)C)cc2c1. The predicted octanol–water partition coefficient (Wildman–Crippen LogP) is 5.40. The summed E-state index contributed by atoms with van der Waals surface area (Å²) in [5.41, 5.74) is 2.78. The second-order valence-electron chi connectivity index (χ2n) is 9.81. The normalized spacial score (nSPS) is 15.7. The fourth-order valence-electron chi connectivity index (χ4n) is 5.25. The molecule has 1 fully saturated rings. The molecule has 0 amide bonds. The maximum Gasteiger partial charge on any atom is 0.252 e. The Kier molecular flexibility index (Phi) is 6.61. The van der Waals surface area contributed by atoms with Crippen molar-refractivity contribution in [2.24, 2.45) is 5.92 Å². The molecule has 0 bridgehead atoms. The minimum absolute atomic E-state index is 0.00898. The third kappa shape index (κ3) is 4.70. The number of nitrogens with one attached hydrogen (secondary N) is 1. The van der Waals surface area contributed by atoms with E-state index in [1.807, 2.05) is 18.2 Å². The third-order valence-electron chi connectivity index (χ3n) is 6.87. The van der Waals surface area contributed by atoms with Crippen LogP contribution in [0.5, 0.6) is 0 Å². The van der Waals surface area contributed by atoms with Gasteiger partial charge in [-0.1, -0.05) is 44.4 Å². The molecular formula is C26H32N6OS. The lowest BCUT2D eigenvalue weighted by Crippen LogP contribution is -2.35. The molecule has 0 radical (unpaired) electrons. The number of fused-ring (bicyclic) bond motifs is 1. The number of hydrogen-bond donors (Lipinski definition) is 1. The zero-order chi connectivity index (χ0) is 23.7. The summed E-state index contributed by atoms with van der Waals surface area (Å²) >= 11 is 1.74. The molecule has 0 aliphatic heterocycles. The molecule has 0 saturated heterocycles. The molecule has 1 atom stereocenters. The molecule has 1 aliphatic rings. The van der Waals surface area contributed by atoms with Crippen molar-refractivity contribution in [3.8, 4) is 0 Å². The molecule has 1 unspecified atom stereocenters. The molecule has 3 heterocycles. The first-order valence-electron chi connectivity index (χ1n) is 12.2. The van der Waals surface area contributed by atoms with Crippen molar-refractivity contribution in [2.45, 2.75) is 71.6 Å². The number of H-pyrrole nitrogens is 1. The number of benzene rings is 1. The molecule has 1 N–H and O–H groups in total. The lowest BCUT2D eigenvalue weighted by molar-refractivity contribution is 0.124. The monoisotopic (exact) mass is 476 g/mol. The number of nitrogens with zero attached hydrogens (tertiary/aromatic N) is 5. The average Bonchev–Trinajstić information content (AvgIpc) is 3.57. The molecule has 1 aliphatic carbocycles. The Morgan fingerprint density at radius 1 is 1.18 bits per heavy atom. The molecular weight excluding hydrogens is 444 g/mol. The van der Waals surface area contributed by atoms with E-state index in [0.717, 1.165) is 41.7 Å². The van der Waals surface area contributed by atoms with Gasteiger partial charge < -0.3 is 4.98 Å². The van der Waals surface area contributed by atoms with Crippen LogP contribution < -0.4 is 5.56 Å². The number of pyridine rings is 1. The standard InChI is InChI=1S/C26H32N6OS/c1-17(2)24(25-28-29-30-32(25)21-7-4-5-8-21)31(16-22-9-6-12-34-22)15-20-14-19-13-18(3)10-11-23(19)27-26(20)33/h6,9-14,17,21,24H,4-5,7-8,15-16H2,1-3H3,(H,27,33). The topological polar surface area (TPSA) is 79.7 Å². The van der Waals surface area contributed by atoms with Crippen LogP contribution in [-0.4, -0.2) is 30.1 Å². The number of thiophene rings is 1. The minimum atomic E-state index is -0.0366. The average molecular weight is 477 g/mol. The summed E-state index contributed by atoms with van der Waals surface area (Å²) in [5.74, 6) is 1.18. The Labute approximate surface area is 203 Å². The van der Waals surface area contributed by atoms with Crippen molar-refractivity contribution in [1.29, 1.82) is 0 Å². The maximum atomic E-state index is 13.1. The summed E-state index contributed by atoms with van der Waals surface area (Å²) < 4.78 is 2.06. The van der Waals surface area contributed by atoms with Crippen molar-refractivity contribution in [3.05, 3.63) is 74.0 Å². The van der Waals surface area contributed by atoms with Gasteiger partial charge in [-0.25, -0.2) is 4.68 Å².